The molecule has 0 saturated carbocycles. The Morgan fingerprint density at radius 1 is 1.20 bits per heavy atom. The molecule has 1 aromatic rings. The van der Waals surface area contributed by atoms with E-state index in [1.807, 2.05) is 4.90 Å². The molecule has 2 aliphatic rings. The fraction of sp³-hybridized carbons (Fsp3) is 0.600. The zero-order valence-electron chi connectivity index (χ0n) is 11.6. The summed E-state index contributed by atoms with van der Waals surface area (Å²) in [7, 11) is 0. The number of halogens is 1. The van der Waals surface area contributed by atoms with Crippen LogP contribution in [0, 0.1) is 0 Å². The number of hydrogen-bond acceptors (Lipinski definition) is 3. The molecule has 0 aliphatic carbocycles. The van der Waals surface area contributed by atoms with Crippen molar-refractivity contribution in [2.24, 2.45) is 0 Å². The van der Waals surface area contributed by atoms with E-state index in [9.17, 15) is 4.79 Å². The summed E-state index contributed by atoms with van der Waals surface area (Å²) in [6.45, 7) is 4.02. The van der Waals surface area contributed by atoms with Crippen LogP contribution in [0.25, 0.3) is 0 Å². The van der Waals surface area contributed by atoms with Crippen LogP contribution in [0.1, 0.15) is 36.2 Å². The van der Waals surface area contributed by atoms with Crippen LogP contribution < -0.4 is 0 Å². The first-order valence-corrected chi connectivity index (χ1v) is 7.78. The highest BCUT2D eigenvalue weighted by Gasteiger charge is 2.29. The number of nitrogens with zero attached hydrogens (tertiary/aromatic N) is 3. The minimum absolute atomic E-state index is 0.0106. The molecule has 0 spiro atoms. The Morgan fingerprint density at radius 2 is 2.00 bits per heavy atom. The number of rotatable bonds is 2. The number of carbonyl (C=O) groups is 1. The van der Waals surface area contributed by atoms with E-state index in [0.717, 1.165) is 19.5 Å². The first-order valence-electron chi connectivity index (χ1n) is 7.40. The number of aromatic nitrogens is 1. The van der Waals surface area contributed by atoms with E-state index >= 15 is 0 Å². The van der Waals surface area contributed by atoms with Crippen molar-refractivity contribution >= 4 is 17.5 Å². The molecule has 3 rings (SSSR count). The number of pyridine rings is 1. The summed E-state index contributed by atoms with van der Waals surface area (Å²) in [5.74, 6) is 0.0106. The first kappa shape index (κ1) is 13.8. The lowest BCUT2D eigenvalue weighted by Crippen LogP contribution is -2.49. The Morgan fingerprint density at radius 3 is 2.75 bits per heavy atom. The van der Waals surface area contributed by atoms with Gasteiger partial charge in [-0.15, -0.1) is 0 Å². The van der Waals surface area contributed by atoms with Gasteiger partial charge in [-0.1, -0.05) is 17.7 Å². The SMILES string of the molecule is O=C(c1cccc(Cl)n1)N1CCCC(N2CCCC2)C1. The van der Waals surface area contributed by atoms with E-state index in [-0.39, 0.29) is 5.91 Å². The van der Waals surface area contributed by atoms with Gasteiger partial charge >= 0.3 is 0 Å². The summed E-state index contributed by atoms with van der Waals surface area (Å²) < 4.78 is 0. The van der Waals surface area contributed by atoms with Crippen LogP contribution in [0.5, 0.6) is 0 Å². The fourth-order valence-electron chi connectivity index (χ4n) is 3.23. The molecule has 108 valence electrons. The van der Waals surface area contributed by atoms with E-state index in [2.05, 4.69) is 9.88 Å². The minimum atomic E-state index is 0.0106. The molecule has 1 aromatic heterocycles. The van der Waals surface area contributed by atoms with Crippen molar-refractivity contribution in [3.8, 4) is 0 Å². The van der Waals surface area contributed by atoms with Gasteiger partial charge in [0.25, 0.3) is 5.91 Å². The average Bonchev–Trinajstić information content (AvgIpc) is 3.01. The Kier molecular flexibility index (Phi) is 4.22. The summed E-state index contributed by atoms with van der Waals surface area (Å²) >= 11 is 5.87. The number of likely N-dealkylation sites (tertiary alicyclic amines) is 2. The average molecular weight is 294 g/mol. The van der Waals surface area contributed by atoms with Gasteiger partial charge in [0.1, 0.15) is 10.8 Å². The smallest absolute Gasteiger partial charge is 0.272 e. The van der Waals surface area contributed by atoms with Crippen LogP contribution in [0.2, 0.25) is 5.15 Å². The van der Waals surface area contributed by atoms with Crippen molar-refractivity contribution in [3.63, 3.8) is 0 Å². The second-order valence-corrected chi connectivity index (χ2v) is 6.02. The van der Waals surface area contributed by atoms with E-state index in [0.29, 0.717) is 16.9 Å². The van der Waals surface area contributed by atoms with Crippen LogP contribution in [-0.2, 0) is 0 Å². The van der Waals surface area contributed by atoms with Gasteiger partial charge in [-0.2, -0.15) is 0 Å². The Hall–Kier alpha value is -1.13. The molecule has 1 amide bonds. The zero-order chi connectivity index (χ0) is 13.9. The maximum atomic E-state index is 12.5. The maximum absolute atomic E-state index is 12.5. The van der Waals surface area contributed by atoms with Gasteiger partial charge in [0.05, 0.1) is 0 Å². The van der Waals surface area contributed by atoms with Crippen LogP contribution in [0.4, 0.5) is 0 Å². The number of hydrogen-bond donors (Lipinski definition) is 0. The van der Waals surface area contributed by atoms with Crippen molar-refractivity contribution in [2.75, 3.05) is 26.2 Å². The van der Waals surface area contributed by atoms with E-state index in [1.165, 1.54) is 32.4 Å². The fourth-order valence-corrected chi connectivity index (χ4v) is 3.40. The molecule has 20 heavy (non-hydrogen) atoms. The predicted octanol–water partition coefficient (Wildman–Crippen LogP) is 2.44. The number of carbonyl (C=O) groups excluding carboxylic acids is 1. The lowest BCUT2D eigenvalue weighted by Gasteiger charge is -2.37. The number of piperidine rings is 1. The molecular formula is C15H20ClN3O. The van der Waals surface area contributed by atoms with Crippen LogP contribution in [0.3, 0.4) is 0 Å². The quantitative estimate of drug-likeness (QED) is 0.786. The Balaban J connectivity index is 1.68. The molecule has 0 radical (unpaired) electrons. The number of amides is 1. The van der Waals surface area contributed by atoms with Crippen molar-refractivity contribution < 1.29 is 4.79 Å². The minimum Gasteiger partial charge on any atom is -0.336 e. The summed E-state index contributed by atoms with van der Waals surface area (Å²) in [4.78, 5) is 21.1. The molecule has 5 heteroatoms. The monoisotopic (exact) mass is 293 g/mol. The molecule has 0 N–H and O–H groups in total. The molecule has 0 bridgehead atoms. The lowest BCUT2D eigenvalue weighted by molar-refractivity contribution is 0.0602. The van der Waals surface area contributed by atoms with Gasteiger partial charge in [0.2, 0.25) is 0 Å². The molecule has 3 heterocycles. The van der Waals surface area contributed by atoms with Gasteiger partial charge in [-0.25, -0.2) is 4.98 Å². The predicted molar refractivity (Wildman–Crippen MR) is 79.0 cm³/mol. The van der Waals surface area contributed by atoms with Gasteiger partial charge in [0.15, 0.2) is 0 Å². The second kappa shape index (κ2) is 6.10. The maximum Gasteiger partial charge on any atom is 0.272 e. The lowest BCUT2D eigenvalue weighted by atomic mass is 10.0. The third-order valence-corrected chi connectivity index (χ3v) is 4.49. The Labute approximate surface area is 124 Å². The molecule has 1 unspecified atom stereocenters. The van der Waals surface area contributed by atoms with E-state index in [1.54, 1.807) is 18.2 Å². The molecule has 4 nitrogen and oxygen atoms in total. The Bertz CT molecular complexity index is 488. The highest BCUT2D eigenvalue weighted by atomic mass is 35.5. The molecule has 0 aromatic carbocycles. The summed E-state index contributed by atoms with van der Waals surface area (Å²) in [6, 6.07) is 5.74. The van der Waals surface area contributed by atoms with Crippen molar-refractivity contribution in [1.82, 2.24) is 14.8 Å². The largest absolute Gasteiger partial charge is 0.336 e. The van der Waals surface area contributed by atoms with Gasteiger partial charge in [-0.3, -0.25) is 9.69 Å². The van der Waals surface area contributed by atoms with Crippen LogP contribution in [0.15, 0.2) is 18.2 Å². The topological polar surface area (TPSA) is 36.4 Å². The summed E-state index contributed by atoms with van der Waals surface area (Å²) in [6.07, 6.45) is 4.86. The first-order chi connectivity index (χ1) is 9.74. The molecule has 2 fully saturated rings. The second-order valence-electron chi connectivity index (χ2n) is 5.64. The zero-order valence-corrected chi connectivity index (χ0v) is 12.4. The normalized spacial score (nSPS) is 24.1. The van der Waals surface area contributed by atoms with Crippen LogP contribution >= 0.6 is 11.6 Å². The van der Waals surface area contributed by atoms with Crippen LogP contribution in [-0.4, -0.2) is 52.9 Å². The molecule has 1 atom stereocenters. The highest BCUT2D eigenvalue weighted by Crippen LogP contribution is 2.21. The standard InChI is InChI=1S/C15H20ClN3O/c16-14-7-3-6-13(17-14)15(20)19-10-4-5-12(11-19)18-8-1-2-9-18/h3,6-7,12H,1-2,4-5,8-11H2. The van der Waals surface area contributed by atoms with Gasteiger partial charge < -0.3 is 4.90 Å². The van der Waals surface area contributed by atoms with Crippen molar-refractivity contribution in [1.29, 1.82) is 0 Å². The van der Waals surface area contributed by atoms with Gasteiger partial charge in [0, 0.05) is 19.1 Å². The van der Waals surface area contributed by atoms with Crippen molar-refractivity contribution in [3.05, 3.63) is 29.0 Å². The summed E-state index contributed by atoms with van der Waals surface area (Å²) in [5, 5.41) is 0.379. The molecule has 2 saturated heterocycles. The highest BCUT2D eigenvalue weighted by molar-refractivity contribution is 6.29. The van der Waals surface area contributed by atoms with E-state index < -0.39 is 0 Å². The summed E-state index contributed by atoms with van der Waals surface area (Å²) in [5.41, 5.74) is 0.458. The third-order valence-electron chi connectivity index (χ3n) is 4.28. The molecular weight excluding hydrogens is 274 g/mol. The van der Waals surface area contributed by atoms with Crippen molar-refractivity contribution in [2.45, 2.75) is 31.7 Å². The third kappa shape index (κ3) is 2.96. The molecule has 2 aliphatic heterocycles. The van der Waals surface area contributed by atoms with E-state index in [4.69, 9.17) is 11.6 Å². The van der Waals surface area contributed by atoms with Gasteiger partial charge in [-0.05, 0) is 50.9 Å².